The highest BCUT2D eigenvalue weighted by atomic mass is 16.5. The van der Waals surface area contributed by atoms with Crippen LogP contribution in [-0.2, 0) is 17.8 Å². The van der Waals surface area contributed by atoms with E-state index in [-0.39, 0.29) is 11.9 Å². The van der Waals surface area contributed by atoms with Gasteiger partial charge in [-0.15, -0.1) is 0 Å². The van der Waals surface area contributed by atoms with E-state index in [1.54, 1.807) is 36.5 Å². The highest BCUT2D eigenvalue weighted by Crippen LogP contribution is 2.27. The van der Waals surface area contributed by atoms with Crippen LogP contribution in [0, 0.1) is 6.92 Å². The molecule has 3 aromatic heterocycles. The molecular formula is C24H24N8O2. The van der Waals surface area contributed by atoms with Crippen LogP contribution in [0.2, 0.25) is 0 Å². The quantitative estimate of drug-likeness (QED) is 0.425. The molecule has 5 rings (SSSR count). The van der Waals surface area contributed by atoms with Crippen molar-refractivity contribution < 1.29 is 9.53 Å². The second-order valence-electron chi connectivity index (χ2n) is 8.13. The number of benzene rings is 1. The van der Waals surface area contributed by atoms with Gasteiger partial charge in [-0.3, -0.25) is 4.79 Å². The third-order valence-electron chi connectivity index (χ3n) is 5.50. The smallest absolute Gasteiger partial charge is 0.328 e. The lowest BCUT2D eigenvalue weighted by Crippen LogP contribution is -2.27. The number of amides is 1. The highest BCUT2D eigenvalue weighted by Gasteiger charge is 2.18. The first-order valence-electron chi connectivity index (χ1n) is 10.9. The maximum Gasteiger partial charge on any atom is 0.328 e. The maximum absolute atomic E-state index is 11.6. The minimum atomic E-state index is -0.306. The zero-order valence-corrected chi connectivity index (χ0v) is 18.9. The van der Waals surface area contributed by atoms with Crippen molar-refractivity contribution in [2.45, 2.75) is 19.9 Å². The monoisotopic (exact) mass is 456 g/mol. The van der Waals surface area contributed by atoms with Crippen molar-refractivity contribution >= 4 is 29.0 Å². The van der Waals surface area contributed by atoms with Gasteiger partial charge in [-0.1, -0.05) is 12.6 Å². The number of aromatic nitrogens is 5. The number of pyridine rings is 1. The average molecular weight is 457 g/mol. The first-order chi connectivity index (χ1) is 16.5. The summed E-state index contributed by atoms with van der Waals surface area (Å²) < 4.78 is 7.53. The van der Waals surface area contributed by atoms with Gasteiger partial charge in [0, 0.05) is 43.0 Å². The molecule has 2 N–H and O–H groups in total. The summed E-state index contributed by atoms with van der Waals surface area (Å²) in [6, 6.07) is 11.1. The van der Waals surface area contributed by atoms with Crippen LogP contribution in [0.15, 0.2) is 55.3 Å². The number of carbonyl (C=O) groups is 1. The van der Waals surface area contributed by atoms with E-state index in [1.807, 2.05) is 6.92 Å². The number of nitrogens with zero attached hydrogens (tertiary/aromatic N) is 6. The van der Waals surface area contributed by atoms with Crippen LogP contribution in [0.1, 0.15) is 16.8 Å². The molecule has 1 amide bonds. The number of rotatable bonds is 6. The number of aryl methyl sites for hydroxylation is 1. The van der Waals surface area contributed by atoms with E-state index in [2.05, 4.69) is 50.3 Å². The Kier molecular flexibility index (Phi) is 5.64. The zero-order valence-electron chi connectivity index (χ0n) is 18.9. The second kappa shape index (κ2) is 8.91. The minimum absolute atomic E-state index is 0.224. The van der Waals surface area contributed by atoms with Crippen molar-refractivity contribution in [2.24, 2.45) is 0 Å². The lowest BCUT2D eigenvalue weighted by Gasteiger charge is -2.25. The number of carbonyl (C=O) groups excluding carboxylic acids is 1. The van der Waals surface area contributed by atoms with Gasteiger partial charge in [-0.05, 0) is 49.4 Å². The fourth-order valence-electron chi connectivity index (χ4n) is 3.82. The summed E-state index contributed by atoms with van der Waals surface area (Å²) in [6.45, 7) is 7.35. The summed E-state index contributed by atoms with van der Waals surface area (Å²) >= 11 is 0. The summed E-state index contributed by atoms with van der Waals surface area (Å²) in [7, 11) is 2.11. The zero-order chi connectivity index (χ0) is 23.7. The molecule has 4 heterocycles. The molecule has 0 bridgehead atoms. The molecule has 34 heavy (non-hydrogen) atoms. The van der Waals surface area contributed by atoms with Crippen LogP contribution in [0.3, 0.4) is 0 Å². The van der Waals surface area contributed by atoms with Crippen LogP contribution in [0.25, 0.3) is 5.65 Å². The highest BCUT2D eigenvalue weighted by molar-refractivity contribution is 5.98. The molecule has 0 atom stereocenters. The molecule has 0 spiro atoms. The number of anilines is 3. The van der Waals surface area contributed by atoms with E-state index in [1.165, 1.54) is 16.2 Å². The Morgan fingerprint density at radius 1 is 1.21 bits per heavy atom. The third-order valence-corrected chi connectivity index (χ3v) is 5.50. The first-order valence-corrected chi connectivity index (χ1v) is 10.9. The van der Waals surface area contributed by atoms with Crippen molar-refractivity contribution in [1.82, 2.24) is 29.5 Å². The second-order valence-corrected chi connectivity index (χ2v) is 8.13. The van der Waals surface area contributed by atoms with Gasteiger partial charge in [0.15, 0.2) is 5.65 Å². The van der Waals surface area contributed by atoms with E-state index in [0.29, 0.717) is 28.9 Å². The first kappa shape index (κ1) is 21.5. The Hall–Kier alpha value is -4.31. The van der Waals surface area contributed by atoms with Gasteiger partial charge in [0.25, 0.3) is 0 Å². The molecule has 0 radical (unpaired) electrons. The van der Waals surface area contributed by atoms with Gasteiger partial charge < -0.3 is 20.3 Å². The predicted octanol–water partition coefficient (Wildman–Crippen LogP) is 3.48. The van der Waals surface area contributed by atoms with Crippen LogP contribution >= 0.6 is 0 Å². The minimum Gasteiger partial charge on any atom is -0.424 e. The number of likely N-dealkylation sites (N-methyl/N-ethyl adjacent to an activating group) is 1. The standard InChI is InChI=1S/C24H24N8O2/c1-4-21(33)26-17-6-5-7-18(13-17)34-24-30-23(28-20-8-10-25-32(20)24)29-22-15(2)12-16-14-31(3)11-9-19(16)27-22/h4-8,10,12-13H,1,9,11,14H2,2-3H3,(H,26,33)(H,27,28,29). The normalized spacial score (nSPS) is 13.4. The fraction of sp³-hybridized carbons (Fsp3) is 0.208. The van der Waals surface area contributed by atoms with Crippen LogP contribution in [0.4, 0.5) is 17.5 Å². The number of nitrogens with one attached hydrogen (secondary N) is 2. The third kappa shape index (κ3) is 4.44. The van der Waals surface area contributed by atoms with E-state index in [0.717, 1.165) is 30.8 Å². The molecular weight excluding hydrogens is 432 g/mol. The molecule has 1 aliphatic rings. The summed E-state index contributed by atoms with van der Waals surface area (Å²) in [6.07, 6.45) is 3.73. The average Bonchev–Trinajstić information content (AvgIpc) is 3.29. The molecule has 10 heteroatoms. The molecule has 0 saturated heterocycles. The summed E-state index contributed by atoms with van der Waals surface area (Å²) in [5.41, 5.74) is 4.49. The van der Waals surface area contributed by atoms with Crippen molar-refractivity contribution in [3.05, 3.63) is 72.1 Å². The van der Waals surface area contributed by atoms with Gasteiger partial charge in [-0.2, -0.15) is 19.6 Å². The van der Waals surface area contributed by atoms with Crippen LogP contribution in [0.5, 0.6) is 11.8 Å². The Morgan fingerprint density at radius 2 is 2.09 bits per heavy atom. The molecule has 10 nitrogen and oxygen atoms in total. The predicted molar refractivity (Wildman–Crippen MR) is 128 cm³/mol. The summed E-state index contributed by atoms with van der Waals surface area (Å²) in [5, 5.41) is 10.2. The summed E-state index contributed by atoms with van der Waals surface area (Å²) in [4.78, 5) is 27.8. The van der Waals surface area contributed by atoms with Gasteiger partial charge in [0.05, 0.1) is 6.20 Å². The lowest BCUT2D eigenvalue weighted by atomic mass is 10.0. The van der Waals surface area contributed by atoms with Crippen LogP contribution < -0.4 is 15.4 Å². The van der Waals surface area contributed by atoms with Gasteiger partial charge in [-0.25, -0.2) is 4.98 Å². The van der Waals surface area contributed by atoms with E-state index in [4.69, 9.17) is 9.72 Å². The molecule has 1 aromatic carbocycles. The number of fused-ring (bicyclic) bond motifs is 2. The Morgan fingerprint density at radius 3 is 2.94 bits per heavy atom. The molecule has 172 valence electrons. The van der Waals surface area contributed by atoms with Crippen molar-refractivity contribution in [3.8, 4) is 11.8 Å². The number of hydrogen-bond donors (Lipinski definition) is 2. The maximum atomic E-state index is 11.6. The molecule has 0 unspecified atom stereocenters. The topological polar surface area (TPSA) is 110 Å². The van der Waals surface area contributed by atoms with Crippen molar-refractivity contribution in [2.75, 3.05) is 24.2 Å². The molecule has 0 fully saturated rings. The number of hydrogen-bond acceptors (Lipinski definition) is 8. The van der Waals surface area contributed by atoms with E-state index in [9.17, 15) is 4.79 Å². The molecule has 1 aliphatic heterocycles. The van der Waals surface area contributed by atoms with E-state index >= 15 is 0 Å². The van der Waals surface area contributed by atoms with Crippen molar-refractivity contribution in [3.63, 3.8) is 0 Å². The Balaban J connectivity index is 1.45. The SMILES string of the molecule is C=CC(=O)Nc1cccc(Oc2nc(Nc3nc4c(cc3C)CN(C)CC4)nc3ccnn23)c1. The van der Waals surface area contributed by atoms with Crippen LogP contribution in [-0.4, -0.2) is 49.0 Å². The van der Waals surface area contributed by atoms with Gasteiger partial charge in [0.1, 0.15) is 11.6 Å². The number of ether oxygens (including phenoxy) is 1. The van der Waals surface area contributed by atoms with Crippen molar-refractivity contribution in [1.29, 1.82) is 0 Å². The lowest BCUT2D eigenvalue weighted by molar-refractivity contribution is -0.111. The molecule has 0 saturated carbocycles. The van der Waals surface area contributed by atoms with E-state index < -0.39 is 0 Å². The Labute approximate surface area is 196 Å². The fourth-order valence-corrected chi connectivity index (χ4v) is 3.82. The summed E-state index contributed by atoms with van der Waals surface area (Å²) in [5.74, 6) is 1.24. The molecule has 4 aromatic rings. The molecule has 0 aliphatic carbocycles. The largest absolute Gasteiger partial charge is 0.424 e. The van der Waals surface area contributed by atoms with Gasteiger partial charge >= 0.3 is 6.01 Å². The van der Waals surface area contributed by atoms with Gasteiger partial charge in [0.2, 0.25) is 11.9 Å². The Bertz CT molecular complexity index is 1400.